The summed E-state index contributed by atoms with van der Waals surface area (Å²) in [6, 6.07) is 6.74. The summed E-state index contributed by atoms with van der Waals surface area (Å²) in [5, 5.41) is 8.92. The molecule has 0 N–H and O–H groups in total. The zero-order chi connectivity index (χ0) is 14.1. The molecule has 102 valence electrons. The number of benzene rings is 1. The second-order valence-corrected chi connectivity index (χ2v) is 4.26. The minimum absolute atomic E-state index is 0.338. The molecule has 0 unspecified atom stereocenters. The molecule has 19 heavy (non-hydrogen) atoms. The molecule has 0 spiro atoms. The van der Waals surface area contributed by atoms with Gasteiger partial charge in [-0.2, -0.15) is 5.26 Å². The second-order valence-electron chi connectivity index (χ2n) is 4.26. The van der Waals surface area contributed by atoms with Gasteiger partial charge in [-0.15, -0.1) is 0 Å². The molecule has 0 aliphatic carbocycles. The van der Waals surface area contributed by atoms with Crippen LogP contribution in [0.3, 0.4) is 0 Å². The Balaban J connectivity index is 2.67. The van der Waals surface area contributed by atoms with Crippen molar-refractivity contribution in [2.75, 3.05) is 13.7 Å². The van der Waals surface area contributed by atoms with Gasteiger partial charge in [0.25, 0.3) is 0 Å². The van der Waals surface area contributed by atoms with Crippen LogP contribution in [0.2, 0.25) is 0 Å². The van der Waals surface area contributed by atoms with Crippen LogP contribution in [0.25, 0.3) is 0 Å². The van der Waals surface area contributed by atoms with Gasteiger partial charge < -0.3 is 9.47 Å². The van der Waals surface area contributed by atoms with Gasteiger partial charge in [0.1, 0.15) is 5.75 Å². The first-order valence-corrected chi connectivity index (χ1v) is 6.47. The van der Waals surface area contributed by atoms with Gasteiger partial charge in [0, 0.05) is 0 Å². The Morgan fingerprint density at radius 1 is 1.26 bits per heavy atom. The lowest BCUT2D eigenvalue weighted by Crippen LogP contribution is -2.04. The van der Waals surface area contributed by atoms with Crippen molar-refractivity contribution in [3.05, 3.63) is 29.3 Å². The zero-order valence-electron chi connectivity index (χ0n) is 11.4. The second kappa shape index (κ2) is 8.15. The van der Waals surface area contributed by atoms with Crippen molar-refractivity contribution in [1.82, 2.24) is 0 Å². The van der Waals surface area contributed by atoms with Crippen molar-refractivity contribution in [3.63, 3.8) is 0 Å². The monoisotopic (exact) mass is 261 g/mol. The Bertz CT molecular complexity index is 463. The van der Waals surface area contributed by atoms with E-state index in [0.29, 0.717) is 23.5 Å². The number of nitrogens with zero attached hydrogens (tertiary/aromatic N) is 1. The minimum Gasteiger partial charge on any atom is -0.494 e. The third-order valence-corrected chi connectivity index (χ3v) is 2.72. The summed E-state index contributed by atoms with van der Waals surface area (Å²) in [5.74, 6) is 0.0730. The van der Waals surface area contributed by atoms with E-state index in [2.05, 4.69) is 11.7 Å². The van der Waals surface area contributed by atoms with Crippen LogP contribution in [0.15, 0.2) is 18.2 Å². The van der Waals surface area contributed by atoms with Gasteiger partial charge in [-0.3, -0.25) is 0 Å². The zero-order valence-corrected chi connectivity index (χ0v) is 11.4. The van der Waals surface area contributed by atoms with E-state index in [1.165, 1.54) is 26.0 Å². The van der Waals surface area contributed by atoms with Crippen molar-refractivity contribution >= 4 is 5.97 Å². The molecule has 0 amide bonds. The lowest BCUT2D eigenvalue weighted by atomic mass is 10.1. The van der Waals surface area contributed by atoms with Crippen LogP contribution in [0, 0.1) is 11.3 Å². The highest BCUT2D eigenvalue weighted by atomic mass is 16.5. The van der Waals surface area contributed by atoms with Crippen molar-refractivity contribution in [1.29, 1.82) is 5.26 Å². The first-order valence-electron chi connectivity index (χ1n) is 6.47. The fourth-order valence-corrected chi connectivity index (χ4v) is 1.70. The number of methoxy groups -OCH3 is 1. The van der Waals surface area contributed by atoms with Gasteiger partial charge in [-0.05, 0) is 24.6 Å². The molecule has 0 saturated carbocycles. The highest BCUT2D eigenvalue weighted by Crippen LogP contribution is 2.18. The first kappa shape index (κ1) is 15.0. The molecule has 0 aromatic heterocycles. The highest BCUT2D eigenvalue weighted by molar-refractivity contribution is 5.90. The van der Waals surface area contributed by atoms with Gasteiger partial charge in [-0.25, -0.2) is 4.79 Å². The Kier molecular flexibility index (Phi) is 6.45. The van der Waals surface area contributed by atoms with Crippen molar-refractivity contribution in [3.8, 4) is 11.8 Å². The molecule has 0 fully saturated rings. The molecule has 4 heteroatoms. The predicted molar refractivity (Wildman–Crippen MR) is 72.1 cm³/mol. The molecular weight excluding hydrogens is 242 g/mol. The van der Waals surface area contributed by atoms with E-state index in [-0.39, 0.29) is 0 Å². The van der Waals surface area contributed by atoms with Crippen LogP contribution in [-0.2, 0) is 4.74 Å². The van der Waals surface area contributed by atoms with E-state index in [1.54, 1.807) is 12.1 Å². The molecular formula is C15H19NO3. The number of carbonyl (C=O) groups is 1. The standard InChI is InChI=1S/C15H19NO3/c1-3-4-5-6-7-19-14-9-12(11-16)8-13(10-14)15(17)18-2/h8-10H,3-7H2,1-2H3. The van der Waals surface area contributed by atoms with Crippen LogP contribution in [0.1, 0.15) is 48.5 Å². The van der Waals surface area contributed by atoms with E-state index in [9.17, 15) is 4.79 Å². The Labute approximate surface area is 113 Å². The quantitative estimate of drug-likeness (QED) is 0.558. The van der Waals surface area contributed by atoms with Crippen LogP contribution in [0.4, 0.5) is 0 Å². The fourth-order valence-electron chi connectivity index (χ4n) is 1.70. The maximum Gasteiger partial charge on any atom is 0.338 e. The molecule has 1 rings (SSSR count). The maximum atomic E-state index is 11.5. The summed E-state index contributed by atoms with van der Waals surface area (Å²) >= 11 is 0. The van der Waals surface area contributed by atoms with Crippen molar-refractivity contribution in [2.24, 2.45) is 0 Å². The average Bonchev–Trinajstić information content (AvgIpc) is 2.45. The SMILES string of the molecule is CCCCCCOc1cc(C#N)cc(C(=O)OC)c1. The van der Waals surface area contributed by atoms with Crippen LogP contribution >= 0.6 is 0 Å². The molecule has 0 radical (unpaired) electrons. The summed E-state index contributed by atoms with van der Waals surface area (Å²) in [6.07, 6.45) is 4.46. The summed E-state index contributed by atoms with van der Waals surface area (Å²) in [7, 11) is 1.31. The molecule has 1 aromatic carbocycles. The van der Waals surface area contributed by atoms with Gasteiger partial charge >= 0.3 is 5.97 Å². The van der Waals surface area contributed by atoms with Crippen LogP contribution < -0.4 is 4.74 Å². The number of carbonyl (C=O) groups excluding carboxylic acids is 1. The summed E-state index contributed by atoms with van der Waals surface area (Å²) in [4.78, 5) is 11.5. The molecule has 0 aliphatic heterocycles. The number of nitriles is 1. The first-order chi connectivity index (χ1) is 9.21. The Morgan fingerprint density at radius 3 is 2.68 bits per heavy atom. The fraction of sp³-hybridized carbons (Fsp3) is 0.467. The molecule has 1 aromatic rings. The van der Waals surface area contributed by atoms with Crippen LogP contribution in [0.5, 0.6) is 5.75 Å². The molecule has 0 heterocycles. The van der Waals surface area contributed by atoms with E-state index in [0.717, 1.165) is 12.8 Å². The topological polar surface area (TPSA) is 59.3 Å². The summed E-state index contributed by atoms with van der Waals surface area (Å²) in [6.45, 7) is 2.75. The van der Waals surface area contributed by atoms with Crippen molar-refractivity contribution < 1.29 is 14.3 Å². The number of hydrogen-bond donors (Lipinski definition) is 0. The van der Waals surface area contributed by atoms with Crippen LogP contribution in [-0.4, -0.2) is 19.7 Å². The number of rotatable bonds is 7. The Morgan fingerprint density at radius 2 is 2.05 bits per heavy atom. The van der Waals surface area contributed by atoms with Gasteiger partial charge in [0.05, 0.1) is 30.9 Å². The van der Waals surface area contributed by atoms with Gasteiger partial charge in [0.2, 0.25) is 0 Å². The molecule has 0 atom stereocenters. The molecule has 0 bridgehead atoms. The predicted octanol–water partition coefficient (Wildman–Crippen LogP) is 3.30. The maximum absolute atomic E-state index is 11.5. The number of esters is 1. The number of ether oxygens (including phenoxy) is 2. The van der Waals surface area contributed by atoms with E-state index in [1.807, 2.05) is 6.07 Å². The number of hydrogen-bond acceptors (Lipinski definition) is 4. The summed E-state index contributed by atoms with van der Waals surface area (Å²) in [5.41, 5.74) is 0.733. The van der Waals surface area contributed by atoms with Gasteiger partial charge in [-0.1, -0.05) is 26.2 Å². The van der Waals surface area contributed by atoms with E-state index >= 15 is 0 Å². The third-order valence-electron chi connectivity index (χ3n) is 2.72. The smallest absolute Gasteiger partial charge is 0.338 e. The average molecular weight is 261 g/mol. The lowest BCUT2D eigenvalue weighted by molar-refractivity contribution is 0.0600. The molecule has 0 aliphatic rings. The molecule has 0 saturated heterocycles. The van der Waals surface area contributed by atoms with E-state index in [4.69, 9.17) is 10.00 Å². The lowest BCUT2D eigenvalue weighted by Gasteiger charge is -2.08. The number of unbranched alkanes of at least 4 members (excludes halogenated alkanes) is 3. The Hall–Kier alpha value is -2.02. The largest absolute Gasteiger partial charge is 0.494 e. The normalized spacial score (nSPS) is 9.74. The minimum atomic E-state index is -0.465. The highest BCUT2D eigenvalue weighted by Gasteiger charge is 2.09. The van der Waals surface area contributed by atoms with E-state index < -0.39 is 5.97 Å². The van der Waals surface area contributed by atoms with Gasteiger partial charge in [0.15, 0.2) is 0 Å². The third kappa shape index (κ3) is 5.01. The summed E-state index contributed by atoms with van der Waals surface area (Å²) < 4.78 is 10.2. The molecule has 4 nitrogen and oxygen atoms in total. The van der Waals surface area contributed by atoms with Crippen molar-refractivity contribution in [2.45, 2.75) is 32.6 Å².